The van der Waals surface area contributed by atoms with Gasteiger partial charge in [0.1, 0.15) is 0 Å². The average molecular weight is 339 g/mol. The van der Waals surface area contributed by atoms with E-state index >= 15 is 0 Å². The summed E-state index contributed by atoms with van der Waals surface area (Å²) in [6, 6.07) is 21.4. The third kappa shape index (κ3) is 10.1. The molecule has 2 heteroatoms. The van der Waals surface area contributed by atoms with Crippen molar-refractivity contribution < 1.29 is 0 Å². The van der Waals surface area contributed by atoms with Crippen LogP contribution in [0.2, 0.25) is 0 Å². The third-order valence-electron chi connectivity index (χ3n) is 4.57. The minimum absolute atomic E-state index is 1.09. The standard InChI is InChI=1S/C23H34N2/c1(2-10-18-24-20-16-22-12-6-4-7-13-22)3-11-19-25-21-17-23-14-8-5-9-15-23/h4-9,12-15,24-25H,1-3,10-11,16-21H2. The van der Waals surface area contributed by atoms with Crippen LogP contribution in [-0.4, -0.2) is 26.2 Å². The second kappa shape index (κ2) is 13.6. The molecule has 2 N–H and O–H groups in total. The first kappa shape index (κ1) is 19.7. The molecule has 25 heavy (non-hydrogen) atoms. The fraction of sp³-hybridized carbons (Fsp3) is 0.478. The first-order chi connectivity index (χ1) is 12.4. The molecule has 2 aromatic rings. The van der Waals surface area contributed by atoms with Crippen molar-refractivity contribution in [1.82, 2.24) is 10.6 Å². The quantitative estimate of drug-likeness (QED) is 0.492. The van der Waals surface area contributed by atoms with Gasteiger partial charge in [0.15, 0.2) is 0 Å². The summed E-state index contributed by atoms with van der Waals surface area (Å²) in [5.74, 6) is 0. The van der Waals surface area contributed by atoms with Crippen molar-refractivity contribution in [1.29, 1.82) is 0 Å². The number of unbranched alkanes of at least 4 members (excludes halogenated alkanes) is 4. The van der Waals surface area contributed by atoms with Crippen LogP contribution >= 0.6 is 0 Å². The summed E-state index contributed by atoms with van der Waals surface area (Å²) in [6.45, 7) is 4.50. The van der Waals surface area contributed by atoms with Crippen LogP contribution in [0.1, 0.15) is 43.2 Å². The Hall–Kier alpha value is -1.64. The Morgan fingerprint density at radius 1 is 0.440 bits per heavy atom. The third-order valence-corrected chi connectivity index (χ3v) is 4.57. The Balaban J connectivity index is 1.30. The highest BCUT2D eigenvalue weighted by Gasteiger charge is 1.94. The van der Waals surface area contributed by atoms with Gasteiger partial charge in [0.25, 0.3) is 0 Å². The lowest BCUT2D eigenvalue weighted by atomic mass is 10.1. The predicted molar refractivity (Wildman–Crippen MR) is 109 cm³/mol. The molecule has 2 nitrogen and oxygen atoms in total. The molecule has 0 saturated heterocycles. The first-order valence-corrected chi connectivity index (χ1v) is 9.94. The molecule has 0 aromatic heterocycles. The van der Waals surface area contributed by atoms with Crippen molar-refractivity contribution in [2.45, 2.75) is 44.9 Å². The minimum Gasteiger partial charge on any atom is -0.316 e. The zero-order valence-corrected chi connectivity index (χ0v) is 15.6. The van der Waals surface area contributed by atoms with Gasteiger partial charge < -0.3 is 10.6 Å². The van der Waals surface area contributed by atoms with E-state index in [-0.39, 0.29) is 0 Å². The van der Waals surface area contributed by atoms with Crippen molar-refractivity contribution in [3.05, 3.63) is 71.8 Å². The van der Waals surface area contributed by atoms with Crippen LogP contribution in [0.15, 0.2) is 60.7 Å². The number of hydrogen-bond donors (Lipinski definition) is 2. The zero-order chi connectivity index (χ0) is 17.4. The largest absolute Gasteiger partial charge is 0.316 e. The molecule has 0 saturated carbocycles. The van der Waals surface area contributed by atoms with E-state index in [1.165, 1.54) is 43.2 Å². The van der Waals surface area contributed by atoms with Gasteiger partial charge in [-0.1, -0.05) is 79.9 Å². The predicted octanol–water partition coefficient (Wildman–Crippen LogP) is 4.60. The van der Waals surface area contributed by atoms with Gasteiger partial charge in [0.05, 0.1) is 0 Å². The monoisotopic (exact) mass is 338 g/mol. The average Bonchev–Trinajstić information content (AvgIpc) is 2.67. The zero-order valence-electron chi connectivity index (χ0n) is 15.6. The van der Waals surface area contributed by atoms with Crippen molar-refractivity contribution in [2.24, 2.45) is 0 Å². The van der Waals surface area contributed by atoms with Gasteiger partial charge in [-0.15, -0.1) is 0 Å². The van der Waals surface area contributed by atoms with E-state index < -0.39 is 0 Å². The molecular weight excluding hydrogens is 304 g/mol. The minimum atomic E-state index is 1.09. The molecular formula is C23H34N2. The lowest BCUT2D eigenvalue weighted by Crippen LogP contribution is -2.19. The Bertz CT molecular complexity index is 475. The van der Waals surface area contributed by atoms with Crippen LogP contribution in [0.25, 0.3) is 0 Å². The summed E-state index contributed by atoms with van der Waals surface area (Å²) in [5.41, 5.74) is 2.85. The van der Waals surface area contributed by atoms with E-state index in [1.807, 2.05) is 0 Å². The Labute approximate surface area is 154 Å². The number of hydrogen-bond acceptors (Lipinski definition) is 2. The number of nitrogens with one attached hydrogen (secondary N) is 2. The molecule has 0 unspecified atom stereocenters. The molecule has 0 aliphatic carbocycles. The Kier molecular flexibility index (Phi) is 10.7. The topological polar surface area (TPSA) is 24.1 Å². The van der Waals surface area contributed by atoms with E-state index in [9.17, 15) is 0 Å². The molecule has 0 aliphatic rings. The van der Waals surface area contributed by atoms with E-state index in [1.54, 1.807) is 0 Å². The van der Waals surface area contributed by atoms with Gasteiger partial charge in [-0.2, -0.15) is 0 Å². The van der Waals surface area contributed by atoms with Crippen LogP contribution in [0, 0.1) is 0 Å². The maximum Gasteiger partial charge on any atom is -0.000835 e. The molecule has 0 bridgehead atoms. The molecule has 2 rings (SSSR count). The highest BCUT2D eigenvalue weighted by molar-refractivity contribution is 5.15. The highest BCUT2D eigenvalue weighted by atomic mass is 14.8. The smallest absolute Gasteiger partial charge is 0.000835 e. The molecule has 0 spiro atoms. The molecule has 0 aliphatic heterocycles. The van der Waals surface area contributed by atoms with Crippen LogP contribution in [0.3, 0.4) is 0 Å². The second-order valence-electron chi connectivity index (χ2n) is 6.74. The van der Waals surface area contributed by atoms with Crippen LogP contribution in [-0.2, 0) is 12.8 Å². The van der Waals surface area contributed by atoms with Crippen LogP contribution in [0.5, 0.6) is 0 Å². The van der Waals surface area contributed by atoms with E-state index in [4.69, 9.17) is 0 Å². The van der Waals surface area contributed by atoms with E-state index in [0.29, 0.717) is 0 Å². The fourth-order valence-electron chi connectivity index (χ4n) is 3.04. The summed E-state index contributed by atoms with van der Waals surface area (Å²) in [5, 5.41) is 7.11. The summed E-state index contributed by atoms with van der Waals surface area (Å²) in [7, 11) is 0. The van der Waals surface area contributed by atoms with Gasteiger partial charge >= 0.3 is 0 Å². The molecule has 136 valence electrons. The lowest BCUT2D eigenvalue weighted by Gasteiger charge is -2.06. The van der Waals surface area contributed by atoms with Crippen LogP contribution in [0.4, 0.5) is 0 Å². The van der Waals surface area contributed by atoms with Crippen molar-refractivity contribution in [2.75, 3.05) is 26.2 Å². The van der Waals surface area contributed by atoms with Crippen LogP contribution < -0.4 is 10.6 Å². The fourth-order valence-corrected chi connectivity index (χ4v) is 3.04. The van der Waals surface area contributed by atoms with Gasteiger partial charge in [-0.3, -0.25) is 0 Å². The lowest BCUT2D eigenvalue weighted by molar-refractivity contribution is 0.557. The molecule has 0 heterocycles. The highest BCUT2D eigenvalue weighted by Crippen LogP contribution is 2.03. The molecule has 0 radical (unpaired) electrons. The summed E-state index contributed by atoms with van der Waals surface area (Å²) < 4.78 is 0. The summed E-state index contributed by atoms with van der Waals surface area (Å²) in [4.78, 5) is 0. The maximum atomic E-state index is 3.56. The second-order valence-corrected chi connectivity index (χ2v) is 6.74. The number of rotatable bonds is 14. The van der Waals surface area contributed by atoms with Gasteiger partial charge in [-0.05, 0) is 63.0 Å². The van der Waals surface area contributed by atoms with E-state index in [0.717, 1.165) is 39.0 Å². The molecule has 0 amide bonds. The first-order valence-electron chi connectivity index (χ1n) is 9.94. The summed E-state index contributed by atoms with van der Waals surface area (Å²) in [6.07, 6.45) is 8.93. The Morgan fingerprint density at radius 3 is 1.28 bits per heavy atom. The van der Waals surface area contributed by atoms with E-state index in [2.05, 4.69) is 71.3 Å². The Morgan fingerprint density at radius 2 is 0.840 bits per heavy atom. The van der Waals surface area contributed by atoms with Gasteiger partial charge in [0, 0.05) is 0 Å². The molecule has 2 aromatic carbocycles. The molecule has 0 fully saturated rings. The van der Waals surface area contributed by atoms with Gasteiger partial charge in [0.2, 0.25) is 0 Å². The van der Waals surface area contributed by atoms with Crippen molar-refractivity contribution >= 4 is 0 Å². The molecule has 0 atom stereocenters. The maximum absolute atomic E-state index is 3.56. The van der Waals surface area contributed by atoms with Crippen molar-refractivity contribution in [3.8, 4) is 0 Å². The number of benzene rings is 2. The normalized spacial score (nSPS) is 10.9. The summed E-state index contributed by atoms with van der Waals surface area (Å²) >= 11 is 0. The SMILES string of the molecule is c1ccc(CCNCCCCCCCNCCc2ccccc2)cc1. The van der Waals surface area contributed by atoms with Gasteiger partial charge in [-0.25, -0.2) is 0 Å². The van der Waals surface area contributed by atoms with Crippen molar-refractivity contribution in [3.63, 3.8) is 0 Å².